The molecule has 5 N–H and O–H groups in total. The van der Waals surface area contributed by atoms with Crippen molar-refractivity contribution in [2.45, 2.75) is 19.8 Å². The fourth-order valence-electron chi connectivity index (χ4n) is 1.41. The molecule has 92 valence electrons. The lowest BCUT2D eigenvalue weighted by Gasteiger charge is -2.08. The molecular formula is C13H19N3O. The molecule has 0 saturated carbocycles. The van der Waals surface area contributed by atoms with Crippen LogP contribution in [0.4, 0.5) is 11.4 Å². The highest BCUT2D eigenvalue weighted by molar-refractivity contribution is 5.93. The molecule has 0 bridgehead atoms. The average Bonchev–Trinajstić information content (AvgIpc) is 2.32. The third-order valence-corrected chi connectivity index (χ3v) is 2.37. The van der Waals surface area contributed by atoms with E-state index in [1.165, 1.54) is 0 Å². The number of amides is 1. The molecule has 0 atom stereocenters. The molecule has 0 fully saturated rings. The van der Waals surface area contributed by atoms with Gasteiger partial charge in [-0.25, -0.2) is 0 Å². The number of anilines is 2. The number of hydrogen-bond donors (Lipinski definition) is 3. The summed E-state index contributed by atoms with van der Waals surface area (Å²) in [5, 5.41) is 2.75. The highest BCUT2D eigenvalue weighted by Gasteiger charge is 2.03. The van der Waals surface area contributed by atoms with Crippen LogP contribution < -0.4 is 16.8 Å². The van der Waals surface area contributed by atoms with Gasteiger partial charge in [-0.3, -0.25) is 4.79 Å². The lowest BCUT2D eigenvalue weighted by Crippen LogP contribution is -2.11. The Balaban J connectivity index is 2.72. The van der Waals surface area contributed by atoms with Crippen LogP contribution in [0.3, 0.4) is 0 Å². The summed E-state index contributed by atoms with van der Waals surface area (Å²) in [7, 11) is 0. The molecule has 17 heavy (non-hydrogen) atoms. The minimum absolute atomic E-state index is 0.0347. The second-order valence-corrected chi connectivity index (χ2v) is 3.73. The summed E-state index contributed by atoms with van der Waals surface area (Å²) < 4.78 is 0. The molecule has 1 rings (SSSR count). The second kappa shape index (κ2) is 6.70. The van der Waals surface area contributed by atoms with E-state index in [2.05, 4.69) is 5.32 Å². The van der Waals surface area contributed by atoms with Crippen LogP contribution in [0.2, 0.25) is 0 Å². The van der Waals surface area contributed by atoms with Gasteiger partial charge in [-0.15, -0.1) is 0 Å². The number of hydrogen-bond acceptors (Lipinski definition) is 3. The van der Waals surface area contributed by atoms with Crippen molar-refractivity contribution >= 4 is 17.3 Å². The molecule has 0 aliphatic rings. The van der Waals surface area contributed by atoms with E-state index < -0.39 is 0 Å². The van der Waals surface area contributed by atoms with Crippen molar-refractivity contribution in [2.75, 3.05) is 17.6 Å². The number of rotatable bonds is 5. The SMILES string of the molecule is CCC(=O)Nc1ccc(C/C=C/CN)cc1N. The highest BCUT2D eigenvalue weighted by atomic mass is 16.1. The molecule has 0 aliphatic carbocycles. The zero-order valence-corrected chi connectivity index (χ0v) is 10.1. The van der Waals surface area contributed by atoms with Crippen molar-refractivity contribution in [1.82, 2.24) is 0 Å². The van der Waals surface area contributed by atoms with Crippen LogP contribution in [-0.2, 0) is 11.2 Å². The number of nitrogen functional groups attached to an aromatic ring is 1. The largest absolute Gasteiger partial charge is 0.397 e. The normalized spacial score (nSPS) is 10.7. The van der Waals surface area contributed by atoms with E-state index in [-0.39, 0.29) is 5.91 Å². The molecule has 0 unspecified atom stereocenters. The zero-order chi connectivity index (χ0) is 12.7. The Morgan fingerprint density at radius 2 is 2.18 bits per heavy atom. The van der Waals surface area contributed by atoms with Gasteiger partial charge in [0.1, 0.15) is 0 Å². The van der Waals surface area contributed by atoms with Crippen molar-refractivity contribution in [3.8, 4) is 0 Å². The molecule has 1 aromatic carbocycles. The zero-order valence-electron chi connectivity index (χ0n) is 10.1. The summed E-state index contributed by atoms with van der Waals surface area (Å²) in [5.74, 6) is -0.0347. The van der Waals surface area contributed by atoms with Crippen LogP contribution in [0.5, 0.6) is 0 Å². The van der Waals surface area contributed by atoms with Crippen LogP contribution in [0, 0.1) is 0 Å². The predicted molar refractivity (Wildman–Crippen MR) is 71.7 cm³/mol. The molecule has 0 aromatic heterocycles. The number of benzene rings is 1. The maximum absolute atomic E-state index is 11.2. The summed E-state index contributed by atoms with van der Waals surface area (Å²) >= 11 is 0. The monoisotopic (exact) mass is 233 g/mol. The van der Waals surface area contributed by atoms with Gasteiger partial charge in [-0.1, -0.05) is 25.1 Å². The summed E-state index contributed by atoms with van der Waals surface area (Å²) in [6.45, 7) is 2.34. The molecule has 1 amide bonds. The van der Waals surface area contributed by atoms with E-state index in [0.29, 0.717) is 24.3 Å². The van der Waals surface area contributed by atoms with E-state index in [1.807, 2.05) is 30.4 Å². The van der Waals surface area contributed by atoms with E-state index in [9.17, 15) is 4.79 Å². The van der Waals surface area contributed by atoms with Gasteiger partial charge in [-0.05, 0) is 24.1 Å². The van der Waals surface area contributed by atoms with Gasteiger partial charge >= 0.3 is 0 Å². The predicted octanol–water partition coefficient (Wildman–Crippen LogP) is 1.67. The Hall–Kier alpha value is -1.81. The fourth-order valence-corrected chi connectivity index (χ4v) is 1.41. The van der Waals surface area contributed by atoms with E-state index >= 15 is 0 Å². The topological polar surface area (TPSA) is 81.1 Å². The molecule has 4 nitrogen and oxygen atoms in total. The lowest BCUT2D eigenvalue weighted by atomic mass is 10.1. The lowest BCUT2D eigenvalue weighted by molar-refractivity contribution is -0.115. The van der Waals surface area contributed by atoms with Crippen LogP contribution >= 0.6 is 0 Å². The van der Waals surface area contributed by atoms with Crippen molar-refractivity contribution in [2.24, 2.45) is 5.73 Å². The minimum atomic E-state index is -0.0347. The number of nitrogens with one attached hydrogen (secondary N) is 1. The second-order valence-electron chi connectivity index (χ2n) is 3.73. The molecule has 0 radical (unpaired) electrons. The van der Waals surface area contributed by atoms with Crippen LogP contribution in [0.15, 0.2) is 30.4 Å². The van der Waals surface area contributed by atoms with Gasteiger partial charge in [0, 0.05) is 13.0 Å². The van der Waals surface area contributed by atoms with Gasteiger partial charge in [-0.2, -0.15) is 0 Å². The van der Waals surface area contributed by atoms with E-state index in [1.54, 1.807) is 6.92 Å². The Morgan fingerprint density at radius 3 is 2.76 bits per heavy atom. The third-order valence-electron chi connectivity index (χ3n) is 2.37. The molecular weight excluding hydrogens is 214 g/mol. The maximum atomic E-state index is 11.2. The molecule has 0 spiro atoms. The fraction of sp³-hybridized carbons (Fsp3) is 0.308. The summed E-state index contributed by atoms with van der Waals surface area (Å²) in [6.07, 6.45) is 5.14. The molecule has 1 aromatic rings. The Labute approximate surface area is 102 Å². The Bertz CT molecular complexity index is 413. The first-order valence-corrected chi connectivity index (χ1v) is 5.70. The number of allylic oxidation sites excluding steroid dienone is 1. The van der Waals surface area contributed by atoms with Crippen LogP contribution in [0.1, 0.15) is 18.9 Å². The summed E-state index contributed by atoms with van der Waals surface area (Å²) in [6, 6.07) is 5.64. The van der Waals surface area contributed by atoms with Crippen molar-refractivity contribution in [3.05, 3.63) is 35.9 Å². The third kappa shape index (κ3) is 4.28. The van der Waals surface area contributed by atoms with E-state index in [4.69, 9.17) is 11.5 Å². The standard InChI is InChI=1S/C13H19N3O/c1-2-13(17)16-12-7-6-10(9-11(12)15)5-3-4-8-14/h3-4,6-7,9H,2,5,8,14-15H2,1H3,(H,16,17)/b4-3+. The summed E-state index contributed by atoms with van der Waals surface area (Å²) in [4.78, 5) is 11.2. The smallest absolute Gasteiger partial charge is 0.224 e. The van der Waals surface area contributed by atoms with Gasteiger partial charge in [0.25, 0.3) is 0 Å². The van der Waals surface area contributed by atoms with E-state index in [0.717, 1.165) is 12.0 Å². The Kier molecular flexibility index (Phi) is 5.23. The van der Waals surface area contributed by atoms with Crippen molar-refractivity contribution in [3.63, 3.8) is 0 Å². The first kappa shape index (κ1) is 13.3. The van der Waals surface area contributed by atoms with Gasteiger partial charge in [0.05, 0.1) is 11.4 Å². The number of carbonyl (C=O) groups excluding carboxylic acids is 1. The molecule has 0 aliphatic heterocycles. The molecule has 0 heterocycles. The molecule has 0 saturated heterocycles. The van der Waals surface area contributed by atoms with Crippen LogP contribution in [0.25, 0.3) is 0 Å². The van der Waals surface area contributed by atoms with Gasteiger partial charge in [0.2, 0.25) is 5.91 Å². The van der Waals surface area contributed by atoms with Gasteiger partial charge in [0.15, 0.2) is 0 Å². The maximum Gasteiger partial charge on any atom is 0.224 e. The quantitative estimate of drug-likeness (QED) is 0.534. The Morgan fingerprint density at radius 1 is 1.41 bits per heavy atom. The number of carbonyl (C=O) groups is 1. The average molecular weight is 233 g/mol. The minimum Gasteiger partial charge on any atom is -0.397 e. The summed E-state index contributed by atoms with van der Waals surface area (Å²) in [5.41, 5.74) is 13.6. The van der Waals surface area contributed by atoms with Gasteiger partial charge < -0.3 is 16.8 Å². The van der Waals surface area contributed by atoms with Crippen molar-refractivity contribution < 1.29 is 4.79 Å². The highest BCUT2D eigenvalue weighted by Crippen LogP contribution is 2.20. The molecule has 4 heteroatoms. The number of nitrogens with two attached hydrogens (primary N) is 2. The first-order valence-electron chi connectivity index (χ1n) is 5.70. The van der Waals surface area contributed by atoms with Crippen LogP contribution in [-0.4, -0.2) is 12.5 Å². The first-order chi connectivity index (χ1) is 8.17. The van der Waals surface area contributed by atoms with Crippen molar-refractivity contribution in [1.29, 1.82) is 0 Å².